The monoisotopic (exact) mass is 278 g/mol. The molecule has 1 aromatic carbocycles. The van der Waals surface area contributed by atoms with Crippen LogP contribution in [-0.2, 0) is 5.88 Å². The minimum Gasteiger partial charge on any atom is -0.439 e. The molecule has 1 aromatic heterocycles. The van der Waals surface area contributed by atoms with Gasteiger partial charge in [-0.2, -0.15) is 0 Å². The third kappa shape index (κ3) is 3.20. The van der Waals surface area contributed by atoms with E-state index in [2.05, 4.69) is 4.98 Å². The molecule has 2 rings (SSSR count). The summed E-state index contributed by atoms with van der Waals surface area (Å²) in [6.45, 7) is 1.68. The molecule has 0 N–H and O–H groups in total. The number of hydrogen-bond donors (Lipinski definition) is 0. The van der Waals surface area contributed by atoms with E-state index in [0.717, 1.165) is 5.56 Å². The first kappa shape index (κ1) is 13.3. The fraction of sp³-hybridized carbons (Fsp3) is 0.154. The van der Waals surface area contributed by atoms with E-state index in [4.69, 9.17) is 16.3 Å². The van der Waals surface area contributed by atoms with Gasteiger partial charge in [0.1, 0.15) is 5.75 Å². The maximum absolute atomic E-state index is 10.8. The maximum Gasteiger partial charge on any atom is 0.276 e. The van der Waals surface area contributed by atoms with Gasteiger partial charge in [-0.05, 0) is 24.6 Å². The summed E-state index contributed by atoms with van der Waals surface area (Å²) in [4.78, 5) is 14.5. The molecule has 0 bridgehead atoms. The van der Waals surface area contributed by atoms with Crippen molar-refractivity contribution in [1.29, 1.82) is 0 Å². The zero-order valence-corrected chi connectivity index (χ0v) is 10.9. The molecule has 0 saturated heterocycles. The van der Waals surface area contributed by atoms with E-state index in [9.17, 15) is 10.1 Å². The molecule has 5 nitrogen and oxygen atoms in total. The van der Waals surface area contributed by atoms with Crippen LogP contribution in [0.4, 0.5) is 5.69 Å². The number of aryl methyl sites for hydroxylation is 1. The first-order valence-corrected chi connectivity index (χ1v) is 6.07. The summed E-state index contributed by atoms with van der Waals surface area (Å²) in [5, 5.41) is 10.8. The zero-order valence-electron chi connectivity index (χ0n) is 10.2. The molecule has 0 aliphatic heterocycles. The molecule has 0 aliphatic rings. The van der Waals surface area contributed by atoms with Gasteiger partial charge < -0.3 is 4.74 Å². The first-order chi connectivity index (χ1) is 9.10. The number of aromatic nitrogens is 1. The highest BCUT2D eigenvalue weighted by Crippen LogP contribution is 2.27. The fourth-order valence-corrected chi connectivity index (χ4v) is 1.68. The number of nitro groups is 1. The molecular weight excluding hydrogens is 268 g/mol. The van der Waals surface area contributed by atoms with Crippen LogP contribution >= 0.6 is 11.6 Å². The van der Waals surface area contributed by atoms with Crippen LogP contribution in [0.2, 0.25) is 0 Å². The fourth-order valence-electron chi connectivity index (χ4n) is 1.52. The molecule has 1 heterocycles. The van der Waals surface area contributed by atoms with Crippen molar-refractivity contribution in [3.8, 4) is 11.6 Å². The quantitative estimate of drug-likeness (QED) is 0.484. The van der Waals surface area contributed by atoms with E-state index in [0.29, 0.717) is 23.1 Å². The van der Waals surface area contributed by atoms with Crippen LogP contribution in [0.25, 0.3) is 0 Å². The highest BCUT2D eigenvalue weighted by Gasteiger charge is 2.12. The predicted molar refractivity (Wildman–Crippen MR) is 71.7 cm³/mol. The smallest absolute Gasteiger partial charge is 0.276 e. The molecule has 0 atom stereocenters. The molecule has 19 heavy (non-hydrogen) atoms. The lowest BCUT2D eigenvalue weighted by Gasteiger charge is -2.05. The standard InChI is InChI=1S/C13H11ClN2O3/c1-9-2-4-11(6-12(9)16(17)18)19-13-5-3-10(7-14)8-15-13/h2-6,8H,7H2,1H3. The molecule has 0 spiro atoms. The number of hydrogen-bond acceptors (Lipinski definition) is 4. The first-order valence-electron chi connectivity index (χ1n) is 5.54. The molecule has 0 unspecified atom stereocenters. The lowest BCUT2D eigenvalue weighted by atomic mass is 10.2. The van der Waals surface area contributed by atoms with E-state index >= 15 is 0 Å². The Kier molecular flexibility index (Phi) is 3.97. The highest BCUT2D eigenvalue weighted by atomic mass is 35.5. The molecular formula is C13H11ClN2O3. The van der Waals surface area contributed by atoms with Crippen molar-refractivity contribution in [3.05, 3.63) is 57.8 Å². The summed E-state index contributed by atoms with van der Waals surface area (Å²) in [6.07, 6.45) is 1.60. The van der Waals surface area contributed by atoms with Crippen LogP contribution in [0, 0.1) is 17.0 Å². The van der Waals surface area contributed by atoms with E-state index in [-0.39, 0.29) is 5.69 Å². The van der Waals surface area contributed by atoms with Gasteiger partial charge in [0.2, 0.25) is 5.88 Å². The average molecular weight is 279 g/mol. The summed E-state index contributed by atoms with van der Waals surface area (Å²) >= 11 is 5.66. The Labute approximate surface area is 115 Å². The average Bonchev–Trinajstić information content (AvgIpc) is 2.41. The molecule has 6 heteroatoms. The molecule has 0 fully saturated rings. The number of nitrogens with zero attached hydrogens (tertiary/aromatic N) is 2. The molecule has 98 valence electrons. The summed E-state index contributed by atoms with van der Waals surface area (Å²) < 4.78 is 5.47. The molecule has 2 aromatic rings. The number of alkyl halides is 1. The van der Waals surface area contributed by atoms with E-state index < -0.39 is 4.92 Å². The van der Waals surface area contributed by atoms with Crippen molar-refractivity contribution in [2.75, 3.05) is 0 Å². The van der Waals surface area contributed by atoms with Crippen LogP contribution in [0.5, 0.6) is 11.6 Å². The van der Waals surface area contributed by atoms with Gasteiger partial charge in [0, 0.05) is 23.7 Å². The molecule has 0 radical (unpaired) electrons. The second-order valence-electron chi connectivity index (χ2n) is 3.95. The van der Waals surface area contributed by atoms with Gasteiger partial charge in [-0.25, -0.2) is 4.98 Å². The summed E-state index contributed by atoms with van der Waals surface area (Å²) in [5.74, 6) is 1.12. The van der Waals surface area contributed by atoms with Gasteiger partial charge >= 0.3 is 0 Å². The summed E-state index contributed by atoms with van der Waals surface area (Å²) in [7, 11) is 0. The summed E-state index contributed by atoms with van der Waals surface area (Å²) in [5.41, 5.74) is 1.49. The lowest BCUT2D eigenvalue weighted by molar-refractivity contribution is -0.385. The second-order valence-corrected chi connectivity index (χ2v) is 4.21. The number of pyridine rings is 1. The van der Waals surface area contributed by atoms with Crippen molar-refractivity contribution in [1.82, 2.24) is 4.98 Å². The van der Waals surface area contributed by atoms with Gasteiger partial charge in [-0.15, -0.1) is 11.6 Å². The van der Waals surface area contributed by atoms with Crippen molar-refractivity contribution in [2.24, 2.45) is 0 Å². The second kappa shape index (κ2) is 5.67. The summed E-state index contributed by atoms with van der Waals surface area (Å²) in [6, 6.07) is 8.15. The topological polar surface area (TPSA) is 65.3 Å². The minimum atomic E-state index is -0.438. The van der Waals surface area contributed by atoms with Crippen LogP contribution in [0.15, 0.2) is 36.5 Å². The Bertz CT molecular complexity index is 599. The van der Waals surface area contributed by atoms with Crippen molar-refractivity contribution in [3.63, 3.8) is 0 Å². The zero-order chi connectivity index (χ0) is 13.8. The van der Waals surface area contributed by atoms with E-state index in [1.165, 1.54) is 6.07 Å². The SMILES string of the molecule is Cc1ccc(Oc2ccc(CCl)cn2)cc1[N+](=O)[O-]. The number of nitro benzene ring substituents is 1. The molecule has 0 saturated carbocycles. The van der Waals surface area contributed by atoms with Crippen molar-refractivity contribution in [2.45, 2.75) is 12.8 Å². The van der Waals surface area contributed by atoms with Crippen LogP contribution in [0.1, 0.15) is 11.1 Å². The Hall–Kier alpha value is -2.14. The van der Waals surface area contributed by atoms with Crippen LogP contribution in [-0.4, -0.2) is 9.91 Å². The maximum atomic E-state index is 10.8. The predicted octanol–water partition coefficient (Wildman–Crippen LogP) is 3.83. The third-order valence-corrected chi connectivity index (χ3v) is 2.86. The highest BCUT2D eigenvalue weighted by molar-refractivity contribution is 6.17. The Morgan fingerprint density at radius 1 is 1.37 bits per heavy atom. The van der Waals surface area contributed by atoms with E-state index in [1.54, 1.807) is 37.4 Å². The van der Waals surface area contributed by atoms with Gasteiger partial charge in [0.15, 0.2) is 0 Å². The minimum absolute atomic E-state index is 0.0230. The number of benzene rings is 1. The van der Waals surface area contributed by atoms with Gasteiger partial charge in [-0.3, -0.25) is 10.1 Å². The van der Waals surface area contributed by atoms with E-state index in [1.807, 2.05) is 0 Å². The van der Waals surface area contributed by atoms with Gasteiger partial charge in [0.25, 0.3) is 5.69 Å². The van der Waals surface area contributed by atoms with Crippen molar-refractivity contribution >= 4 is 17.3 Å². The Balaban J connectivity index is 2.22. The molecule has 0 amide bonds. The Morgan fingerprint density at radius 2 is 2.16 bits per heavy atom. The number of rotatable bonds is 4. The number of ether oxygens (including phenoxy) is 1. The largest absolute Gasteiger partial charge is 0.439 e. The van der Waals surface area contributed by atoms with Crippen molar-refractivity contribution < 1.29 is 9.66 Å². The molecule has 0 aliphatic carbocycles. The van der Waals surface area contributed by atoms with Gasteiger partial charge in [0.05, 0.1) is 11.0 Å². The Morgan fingerprint density at radius 3 is 2.74 bits per heavy atom. The number of halogens is 1. The third-order valence-electron chi connectivity index (χ3n) is 2.55. The van der Waals surface area contributed by atoms with Gasteiger partial charge in [-0.1, -0.05) is 6.07 Å². The lowest BCUT2D eigenvalue weighted by Crippen LogP contribution is -1.94. The van der Waals surface area contributed by atoms with Crippen LogP contribution < -0.4 is 4.74 Å². The van der Waals surface area contributed by atoms with Crippen LogP contribution in [0.3, 0.4) is 0 Å². The normalized spacial score (nSPS) is 10.2.